The fourth-order valence-corrected chi connectivity index (χ4v) is 0.540. The number of aliphatic hydroxyl groups is 2. The predicted octanol–water partition coefficient (Wildman–Crippen LogP) is -0.407. The first-order valence-electron chi connectivity index (χ1n) is 3.06. The third kappa shape index (κ3) is 1.68. The fraction of sp³-hybridized carbons (Fsp3) is 0.833. The standard InChI is InChI=1S/C6H12O4/c1-3-4(7)6(2,10)5(8)9/h4,7,10H,3H2,1-2H3,(H,8,9)/t4?,6-/m1/s1. The minimum atomic E-state index is -2.02. The largest absolute Gasteiger partial charge is 0.479 e. The Morgan fingerprint density at radius 3 is 2.20 bits per heavy atom. The summed E-state index contributed by atoms with van der Waals surface area (Å²) >= 11 is 0. The van der Waals surface area contributed by atoms with Gasteiger partial charge >= 0.3 is 5.97 Å². The predicted molar refractivity (Wildman–Crippen MR) is 34.6 cm³/mol. The van der Waals surface area contributed by atoms with E-state index in [9.17, 15) is 4.79 Å². The average Bonchev–Trinajstić information content (AvgIpc) is 1.86. The SMILES string of the molecule is CCC(O)[C@@](C)(O)C(=O)O. The van der Waals surface area contributed by atoms with Crippen LogP contribution in [0.2, 0.25) is 0 Å². The van der Waals surface area contributed by atoms with Gasteiger partial charge in [-0.2, -0.15) is 0 Å². The monoisotopic (exact) mass is 148 g/mol. The molecule has 0 aromatic carbocycles. The van der Waals surface area contributed by atoms with Gasteiger partial charge in [0.1, 0.15) is 0 Å². The number of carbonyl (C=O) groups is 1. The Labute approximate surface area is 59.1 Å². The Kier molecular flexibility index (Phi) is 2.80. The van der Waals surface area contributed by atoms with Gasteiger partial charge in [0.2, 0.25) is 0 Å². The van der Waals surface area contributed by atoms with Gasteiger partial charge in [-0.15, -0.1) is 0 Å². The fourth-order valence-electron chi connectivity index (χ4n) is 0.540. The maximum absolute atomic E-state index is 10.2. The van der Waals surface area contributed by atoms with E-state index in [1.807, 2.05) is 0 Å². The highest BCUT2D eigenvalue weighted by Crippen LogP contribution is 2.12. The zero-order valence-corrected chi connectivity index (χ0v) is 6.03. The normalized spacial score (nSPS) is 19.6. The van der Waals surface area contributed by atoms with E-state index in [1.165, 1.54) is 0 Å². The van der Waals surface area contributed by atoms with Crippen molar-refractivity contribution in [3.63, 3.8) is 0 Å². The van der Waals surface area contributed by atoms with Crippen molar-refractivity contribution in [3.8, 4) is 0 Å². The van der Waals surface area contributed by atoms with Crippen LogP contribution in [0.15, 0.2) is 0 Å². The van der Waals surface area contributed by atoms with E-state index in [1.54, 1.807) is 6.92 Å². The summed E-state index contributed by atoms with van der Waals surface area (Å²) in [5, 5.41) is 26.3. The molecule has 60 valence electrons. The lowest BCUT2D eigenvalue weighted by molar-refractivity contribution is -0.168. The molecule has 0 spiro atoms. The number of hydrogen-bond acceptors (Lipinski definition) is 3. The Morgan fingerprint density at radius 2 is 2.10 bits per heavy atom. The molecule has 3 N–H and O–H groups in total. The van der Waals surface area contributed by atoms with Crippen molar-refractivity contribution in [2.24, 2.45) is 0 Å². The van der Waals surface area contributed by atoms with E-state index in [0.29, 0.717) is 0 Å². The minimum absolute atomic E-state index is 0.222. The summed E-state index contributed by atoms with van der Waals surface area (Å²) in [6, 6.07) is 0. The van der Waals surface area contributed by atoms with E-state index in [0.717, 1.165) is 6.92 Å². The van der Waals surface area contributed by atoms with Crippen molar-refractivity contribution in [2.75, 3.05) is 0 Å². The highest BCUT2D eigenvalue weighted by molar-refractivity contribution is 5.77. The van der Waals surface area contributed by atoms with Gasteiger partial charge in [0.05, 0.1) is 6.10 Å². The lowest BCUT2D eigenvalue weighted by Crippen LogP contribution is -2.46. The highest BCUT2D eigenvalue weighted by atomic mass is 16.4. The number of carboxylic acids is 1. The second kappa shape index (κ2) is 2.98. The molecule has 0 aliphatic rings. The molecule has 0 aliphatic heterocycles. The molecule has 0 aromatic heterocycles. The Balaban J connectivity index is 4.23. The van der Waals surface area contributed by atoms with Crippen LogP contribution in [-0.4, -0.2) is 33.0 Å². The third-order valence-electron chi connectivity index (χ3n) is 1.47. The molecule has 10 heavy (non-hydrogen) atoms. The molecule has 0 heterocycles. The molecule has 0 fully saturated rings. The van der Waals surface area contributed by atoms with Crippen LogP contribution in [0.3, 0.4) is 0 Å². The van der Waals surface area contributed by atoms with Gasteiger partial charge in [0, 0.05) is 0 Å². The first-order chi connectivity index (χ1) is 4.42. The van der Waals surface area contributed by atoms with Gasteiger partial charge in [-0.25, -0.2) is 4.79 Å². The topological polar surface area (TPSA) is 77.8 Å². The van der Waals surface area contributed by atoms with Crippen molar-refractivity contribution < 1.29 is 20.1 Å². The van der Waals surface area contributed by atoms with Gasteiger partial charge in [0.25, 0.3) is 0 Å². The highest BCUT2D eigenvalue weighted by Gasteiger charge is 2.36. The number of carboxylic acid groups (broad SMARTS) is 1. The molecule has 0 rings (SSSR count). The minimum Gasteiger partial charge on any atom is -0.479 e. The van der Waals surface area contributed by atoms with Gasteiger partial charge in [0.15, 0.2) is 5.60 Å². The summed E-state index contributed by atoms with van der Waals surface area (Å²) in [7, 11) is 0. The quantitative estimate of drug-likeness (QED) is 0.508. The lowest BCUT2D eigenvalue weighted by atomic mass is 9.98. The summed E-state index contributed by atoms with van der Waals surface area (Å²) in [5.41, 5.74) is -2.02. The maximum Gasteiger partial charge on any atom is 0.338 e. The van der Waals surface area contributed by atoms with Gasteiger partial charge in [-0.05, 0) is 13.3 Å². The Hall–Kier alpha value is -0.610. The third-order valence-corrected chi connectivity index (χ3v) is 1.47. The Bertz CT molecular complexity index is 130. The number of hydrogen-bond donors (Lipinski definition) is 3. The summed E-state index contributed by atoms with van der Waals surface area (Å²) in [5.74, 6) is -1.40. The number of aliphatic carboxylic acids is 1. The smallest absolute Gasteiger partial charge is 0.338 e. The van der Waals surface area contributed by atoms with Crippen LogP contribution in [0.5, 0.6) is 0 Å². The summed E-state index contributed by atoms with van der Waals surface area (Å²) in [6.07, 6.45) is -0.982. The van der Waals surface area contributed by atoms with E-state index in [-0.39, 0.29) is 6.42 Å². The second-order valence-electron chi connectivity index (χ2n) is 2.38. The van der Waals surface area contributed by atoms with Crippen molar-refractivity contribution in [1.82, 2.24) is 0 Å². The molecule has 0 amide bonds. The molecule has 0 radical (unpaired) electrons. The van der Waals surface area contributed by atoms with E-state index < -0.39 is 17.7 Å². The first-order valence-corrected chi connectivity index (χ1v) is 3.06. The molecule has 4 heteroatoms. The molecule has 0 saturated heterocycles. The zero-order chi connectivity index (χ0) is 8.36. The second-order valence-corrected chi connectivity index (χ2v) is 2.38. The molecule has 2 atom stereocenters. The molecule has 0 saturated carbocycles. The van der Waals surface area contributed by atoms with Crippen molar-refractivity contribution in [3.05, 3.63) is 0 Å². The lowest BCUT2D eigenvalue weighted by Gasteiger charge is -2.22. The van der Waals surface area contributed by atoms with Crippen LogP contribution in [0.25, 0.3) is 0 Å². The number of aliphatic hydroxyl groups excluding tert-OH is 1. The van der Waals surface area contributed by atoms with Gasteiger partial charge < -0.3 is 15.3 Å². The Morgan fingerprint density at radius 1 is 1.70 bits per heavy atom. The molecule has 4 nitrogen and oxygen atoms in total. The molecule has 0 aliphatic carbocycles. The van der Waals surface area contributed by atoms with E-state index >= 15 is 0 Å². The first kappa shape index (κ1) is 9.39. The van der Waals surface area contributed by atoms with Crippen LogP contribution >= 0.6 is 0 Å². The zero-order valence-electron chi connectivity index (χ0n) is 6.03. The molecule has 0 aromatic rings. The molecular weight excluding hydrogens is 136 g/mol. The van der Waals surface area contributed by atoms with Crippen LogP contribution in [0.4, 0.5) is 0 Å². The van der Waals surface area contributed by atoms with Crippen molar-refractivity contribution in [1.29, 1.82) is 0 Å². The van der Waals surface area contributed by atoms with Crippen LogP contribution in [0, 0.1) is 0 Å². The summed E-state index contributed by atoms with van der Waals surface area (Å²) in [4.78, 5) is 10.2. The van der Waals surface area contributed by atoms with Gasteiger partial charge in [-0.3, -0.25) is 0 Å². The molecule has 1 unspecified atom stereocenters. The van der Waals surface area contributed by atoms with Crippen molar-refractivity contribution in [2.45, 2.75) is 32.0 Å². The van der Waals surface area contributed by atoms with E-state index in [2.05, 4.69) is 0 Å². The molecule has 0 bridgehead atoms. The van der Waals surface area contributed by atoms with Crippen LogP contribution < -0.4 is 0 Å². The summed E-state index contributed by atoms with van der Waals surface area (Å²) in [6.45, 7) is 2.67. The van der Waals surface area contributed by atoms with E-state index in [4.69, 9.17) is 15.3 Å². The average molecular weight is 148 g/mol. The van der Waals surface area contributed by atoms with Crippen molar-refractivity contribution >= 4 is 5.97 Å². The summed E-state index contributed by atoms with van der Waals surface area (Å²) < 4.78 is 0. The molecular formula is C6H12O4. The van der Waals surface area contributed by atoms with Crippen LogP contribution in [0.1, 0.15) is 20.3 Å². The maximum atomic E-state index is 10.2. The van der Waals surface area contributed by atoms with Crippen LogP contribution in [-0.2, 0) is 4.79 Å². The van der Waals surface area contributed by atoms with Gasteiger partial charge in [-0.1, -0.05) is 6.92 Å². The number of rotatable bonds is 3.